The molecule has 5 rings (SSSR count). The molecule has 2 aromatic rings. The Labute approximate surface area is 102 Å². The minimum atomic E-state index is 0.0122. The second-order valence-electron chi connectivity index (χ2n) is 4.01. The highest BCUT2D eigenvalue weighted by molar-refractivity contribution is 6.45. The summed E-state index contributed by atoms with van der Waals surface area (Å²) in [7, 11) is 0. The molecule has 82 valence electrons. The molecule has 1 aromatic heterocycles. The van der Waals surface area contributed by atoms with Gasteiger partial charge in [-0.15, -0.1) is 0 Å². The van der Waals surface area contributed by atoms with Gasteiger partial charge in [-0.1, -0.05) is 6.07 Å². The highest BCUT2D eigenvalue weighted by Crippen LogP contribution is 2.56. The Morgan fingerprint density at radius 3 is 2.53 bits per heavy atom. The van der Waals surface area contributed by atoms with E-state index < -0.39 is 0 Å². The normalized spacial score (nSPS) is 17.8. The predicted octanol–water partition coefficient (Wildman–Crippen LogP) is 3.47. The Morgan fingerprint density at radius 1 is 1.18 bits per heavy atom. The number of fused-ring (bicyclic) bond motifs is 1. The van der Waals surface area contributed by atoms with Crippen LogP contribution in [0.15, 0.2) is 34.7 Å². The summed E-state index contributed by atoms with van der Waals surface area (Å²) in [5, 5.41) is 0.326. The zero-order valence-electron chi connectivity index (χ0n) is 8.61. The van der Waals surface area contributed by atoms with Gasteiger partial charge in [0.1, 0.15) is 5.76 Å². The summed E-state index contributed by atoms with van der Waals surface area (Å²) in [6.07, 6.45) is 1.74. The first-order chi connectivity index (χ1) is 8.25. The number of carbonyl (C=O) groups is 1. The minimum Gasteiger partial charge on any atom is -0.445 e. The Morgan fingerprint density at radius 2 is 1.94 bits per heavy atom. The number of nitrogens with zero attached hydrogens (tertiary/aromatic N) is 1. The van der Waals surface area contributed by atoms with E-state index in [0.717, 1.165) is 16.9 Å². The van der Waals surface area contributed by atoms with Crippen molar-refractivity contribution in [3.05, 3.63) is 46.9 Å². The van der Waals surface area contributed by atoms with Crippen LogP contribution < -0.4 is 4.90 Å². The maximum absolute atomic E-state index is 12.0. The molecule has 3 nitrogen and oxygen atoms in total. The van der Waals surface area contributed by atoms with Crippen molar-refractivity contribution in [2.45, 2.75) is 0 Å². The SMILES string of the molecule is O=C1C(=Cc2ccc(Cl)o2)c2c3cccc2N13. The zero-order chi connectivity index (χ0) is 11.6. The largest absolute Gasteiger partial charge is 0.445 e. The van der Waals surface area contributed by atoms with Crippen molar-refractivity contribution in [3.63, 3.8) is 0 Å². The molecular formula is C13H6ClNO2. The van der Waals surface area contributed by atoms with Crippen molar-refractivity contribution in [3.8, 4) is 0 Å². The molecule has 0 fully saturated rings. The lowest BCUT2D eigenvalue weighted by Crippen LogP contribution is -2.22. The molecule has 0 saturated carbocycles. The molecule has 0 spiro atoms. The molecule has 1 aromatic carbocycles. The molecule has 1 amide bonds. The fourth-order valence-electron chi connectivity index (χ4n) is 2.38. The molecule has 0 unspecified atom stereocenters. The molecule has 0 N–H and O–H groups in total. The van der Waals surface area contributed by atoms with Crippen LogP contribution in [-0.2, 0) is 4.79 Å². The van der Waals surface area contributed by atoms with Crippen LogP contribution in [0.4, 0.5) is 11.4 Å². The van der Waals surface area contributed by atoms with E-state index in [-0.39, 0.29) is 5.91 Å². The van der Waals surface area contributed by atoms with Gasteiger partial charge in [-0.25, -0.2) is 0 Å². The van der Waals surface area contributed by atoms with Gasteiger partial charge >= 0.3 is 0 Å². The van der Waals surface area contributed by atoms with Gasteiger partial charge in [-0.05, 0) is 41.9 Å². The van der Waals surface area contributed by atoms with Crippen molar-refractivity contribution < 1.29 is 9.21 Å². The van der Waals surface area contributed by atoms with Crippen LogP contribution >= 0.6 is 11.6 Å². The molecule has 17 heavy (non-hydrogen) atoms. The maximum Gasteiger partial charge on any atom is 0.263 e. The lowest BCUT2D eigenvalue weighted by atomic mass is 10.0. The Hall–Kier alpha value is -2.00. The second kappa shape index (κ2) is 2.81. The predicted molar refractivity (Wildman–Crippen MR) is 65.2 cm³/mol. The average molecular weight is 244 g/mol. The van der Waals surface area contributed by atoms with Crippen LogP contribution in [0.2, 0.25) is 5.22 Å². The summed E-state index contributed by atoms with van der Waals surface area (Å²) in [5.41, 5.74) is 3.67. The van der Waals surface area contributed by atoms with Gasteiger partial charge in [0, 0.05) is 5.56 Å². The van der Waals surface area contributed by atoms with E-state index in [1.54, 1.807) is 23.1 Å². The van der Waals surface area contributed by atoms with Crippen molar-refractivity contribution >= 4 is 40.5 Å². The molecule has 4 bridgehead atoms. The Bertz CT molecular complexity index is 677. The number of furan rings is 1. The number of halogens is 1. The highest BCUT2D eigenvalue weighted by atomic mass is 35.5. The van der Waals surface area contributed by atoms with Gasteiger partial charge in [0.25, 0.3) is 5.91 Å². The number of hydrogen-bond acceptors (Lipinski definition) is 2. The molecule has 0 radical (unpaired) electrons. The minimum absolute atomic E-state index is 0.0122. The third-order valence-electron chi connectivity index (χ3n) is 3.09. The van der Waals surface area contributed by atoms with E-state index >= 15 is 0 Å². The van der Waals surface area contributed by atoms with Crippen molar-refractivity contribution in [1.29, 1.82) is 0 Å². The topological polar surface area (TPSA) is 33.5 Å². The van der Waals surface area contributed by atoms with Crippen LogP contribution in [0.25, 0.3) is 11.6 Å². The smallest absolute Gasteiger partial charge is 0.263 e. The number of benzene rings is 1. The van der Waals surface area contributed by atoms with E-state index in [9.17, 15) is 4.79 Å². The molecule has 3 aliphatic heterocycles. The Balaban J connectivity index is 1.88. The first-order valence-electron chi connectivity index (χ1n) is 5.20. The number of anilines is 2. The van der Waals surface area contributed by atoms with E-state index in [0.29, 0.717) is 16.6 Å². The number of rotatable bonds is 1. The summed E-state index contributed by atoms with van der Waals surface area (Å²) in [5.74, 6) is 0.612. The van der Waals surface area contributed by atoms with Gasteiger partial charge < -0.3 is 4.42 Å². The lowest BCUT2D eigenvalue weighted by molar-refractivity contribution is -0.112. The Kier molecular flexibility index (Phi) is 1.50. The van der Waals surface area contributed by atoms with Crippen LogP contribution in [-0.4, -0.2) is 5.91 Å². The number of amides is 1. The van der Waals surface area contributed by atoms with Crippen LogP contribution in [0.3, 0.4) is 0 Å². The van der Waals surface area contributed by atoms with Gasteiger partial charge in [-0.3, -0.25) is 9.69 Å². The lowest BCUT2D eigenvalue weighted by Gasteiger charge is -2.25. The van der Waals surface area contributed by atoms with E-state index in [4.69, 9.17) is 16.0 Å². The van der Waals surface area contributed by atoms with E-state index in [1.807, 2.05) is 18.2 Å². The van der Waals surface area contributed by atoms with Crippen LogP contribution in [0, 0.1) is 0 Å². The summed E-state index contributed by atoms with van der Waals surface area (Å²) in [4.78, 5) is 13.8. The molecule has 4 heteroatoms. The molecule has 0 saturated heterocycles. The summed E-state index contributed by atoms with van der Waals surface area (Å²) < 4.78 is 5.24. The van der Waals surface area contributed by atoms with Crippen LogP contribution in [0.1, 0.15) is 11.3 Å². The van der Waals surface area contributed by atoms with Gasteiger partial charge in [0.2, 0.25) is 0 Å². The zero-order valence-corrected chi connectivity index (χ0v) is 9.36. The monoisotopic (exact) mass is 243 g/mol. The molecule has 0 aliphatic carbocycles. The quantitative estimate of drug-likeness (QED) is 0.719. The molecule has 4 heterocycles. The maximum atomic E-state index is 12.0. The standard InChI is InChI=1S/C13H6ClNO2/c14-11-5-4-7(17-11)6-8-12-9-2-1-3-10(12)15(9)13(8)16/h1-6H. The van der Waals surface area contributed by atoms with E-state index in [2.05, 4.69) is 0 Å². The summed E-state index contributed by atoms with van der Waals surface area (Å²) >= 11 is 5.70. The van der Waals surface area contributed by atoms with Gasteiger partial charge in [0.05, 0.1) is 16.9 Å². The molecule has 0 atom stereocenters. The number of hydrogen-bond donors (Lipinski definition) is 0. The summed E-state index contributed by atoms with van der Waals surface area (Å²) in [6.45, 7) is 0. The first-order valence-corrected chi connectivity index (χ1v) is 5.58. The molecule has 3 aliphatic rings. The number of carbonyl (C=O) groups excluding carboxylic acids is 1. The summed E-state index contributed by atoms with van der Waals surface area (Å²) in [6, 6.07) is 9.24. The van der Waals surface area contributed by atoms with Gasteiger partial charge in [-0.2, -0.15) is 0 Å². The van der Waals surface area contributed by atoms with E-state index in [1.165, 1.54) is 0 Å². The fraction of sp³-hybridized carbons (Fsp3) is 0. The fourth-order valence-corrected chi connectivity index (χ4v) is 2.53. The molecular weight excluding hydrogens is 238 g/mol. The first kappa shape index (κ1) is 9.07. The van der Waals surface area contributed by atoms with Crippen molar-refractivity contribution in [1.82, 2.24) is 0 Å². The second-order valence-corrected chi connectivity index (χ2v) is 4.38. The van der Waals surface area contributed by atoms with Gasteiger partial charge in [0.15, 0.2) is 5.22 Å². The third kappa shape index (κ3) is 0.996. The van der Waals surface area contributed by atoms with Crippen molar-refractivity contribution in [2.75, 3.05) is 4.90 Å². The highest BCUT2D eigenvalue weighted by Gasteiger charge is 2.45. The van der Waals surface area contributed by atoms with Crippen LogP contribution in [0.5, 0.6) is 0 Å². The average Bonchev–Trinajstić information content (AvgIpc) is 2.93. The van der Waals surface area contributed by atoms with Crippen molar-refractivity contribution in [2.24, 2.45) is 0 Å². The third-order valence-corrected chi connectivity index (χ3v) is 3.29.